The number of carboxylic acid groups (broad SMARTS) is 1. The second-order valence-corrected chi connectivity index (χ2v) is 4.59. The lowest BCUT2D eigenvalue weighted by atomic mass is 10.1. The van der Waals surface area contributed by atoms with E-state index in [1.54, 1.807) is 12.1 Å². The number of carbonyl (C=O) groups is 1. The van der Waals surface area contributed by atoms with E-state index in [0.717, 1.165) is 10.2 Å². The van der Waals surface area contributed by atoms with Crippen LogP contribution in [0.4, 0.5) is 5.69 Å². The maximum Gasteiger partial charge on any atom is 0.337 e. The number of nitrogens with zero attached hydrogens (tertiary/aromatic N) is 1. The quantitative estimate of drug-likeness (QED) is 0.919. The summed E-state index contributed by atoms with van der Waals surface area (Å²) >= 11 is 3.34. The standard InChI is InChI=1S/C11H14BrNO2/c1-7(2)13(3)10-6-8(12)4-5-9(10)11(14)15/h4-7H,1-3H3,(H,14,15). The molecule has 0 fully saturated rings. The van der Waals surface area contributed by atoms with Crippen molar-refractivity contribution in [2.45, 2.75) is 19.9 Å². The molecule has 0 aliphatic heterocycles. The van der Waals surface area contributed by atoms with Gasteiger partial charge in [0.25, 0.3) is 0 Å². The van der Waals surface area contributed by atoms with Gasteiger partial charge in [0.1, 0.15) is 0 Å². The SMILES string of the molecule is CC(C)N(C)c1cc(Br)ccc1C(=O)O. The van der Waals surface area contributed by atoms with Crippen LogP contribution < -0.4 is 4.90 Å². The average molecular weight is 272 g/mol. The minimum Gasteiger partial charge on any atom is -0.478 e. The van der Waals surface area contributed by atoms with Crippen LogP contribution in [-0.2, 0) is 0 Å². The lowest BCUT2D eigenvalue weighted by Crippen LogP contribution is -2.27. The highest BCUT2D eigenvalue weighted by molar-refractivity contribution is 9.10. The third-order valence-electron chi connectivity index (χ3n) is 2.34. The van der Waals surface area contributed by atoms with Gasteiger partial charge in [-0.3, -0.25) is 0 Å². The van der Waals surface area contributed by atoms with Crippen LogP contribution in [0.25, 0.3) is 0 Å². The van der Waals surface area contributed by atoms with Gasteiger partial charge in [-0.05, 0) is 32.0 Å². The van der Waals surface area contributed by atoms with Crippen LogP contribution in [-0.4, -0.2) is 24.2 Å². The number of hydrogen-bond donors (Lipinski definition) is 1. The first kappa shape index (κ1) is 12.0. The van der Waals surface area contributed by atoms with Gasteiger partial charge in [0, 0.05) is 17.6 Å². The van der Waals surface area contributed by atoms with Gasteiger partial charge in [-0.1, -0.05) is 15.9 Å². The molecule has 0 spiro atoms. The van der Waals surface area contributed by atoms with Gasteiger partial charge in [-0.2, -0.15) is 0 Å². The molecule has 1 aromatic carbocycles. The first-order valence-corrected chi connectivity index (χ1v) is 5.48. The van der Waals surface area contributed by atoms with Gasteiger partial charge in [0.2, 0.25) is 0 Å². The second-order valence-electron chi connectivity index (χ2n) is 3.67. The van der Waals surface area contributed by atoms with Crippen LogP contribution in [0.5, 0.6) is 0 Å². The van der Waals surface area contributed by atoms with Crippen molar-refractivity contribution in [3.05, 3.63) is 28.2 Å². The van der Waals surface area contributed by atoms with E-state index < -0.39 is 5.97 Å². The van der Waals surface area contributed by atoms with Gasteiger partial charge in [0.05, 0.1) is 11.3 Å². The fourth-order valence-electron chi connectivity index (χ4n) is 1.26. The van der Waals surface area contributed by atoms with Gasteiger partial charge in [-0.15, -0.1) is 0 Å². The predicted octanol–water partition coefficient (Wildman–Crippen LogP) is 2.99. The molecule has 4 heteroatoms. The molecule has 1 rings (SSSR count). The van der Waals surface area contributed by atoms with E-state index in [-0.39, 0.29) is 6.04 Å². The molecule has 0 unspecified atom stereocenters. The Bertz CT molecular complexity index is 377. The fourth-order valence-corrected chi connectivity index (χ4v) is 1.60. The van der Waals surface area contributed by atoms with Crippen LogP contribution >= 0.6 is 15.9 Å². The lowest BCUT2D eigenvalue weighted by molar-refractivity contribution is 0.0697. The summed E-state index contributed by atoms with van der Waals surface area (Å²) in [4.78, 5) is 13.0. The normalized spacial score (nSPS) is 10.5. The Balaban J connectivity index is 3.24. The zero-order chi connectivity index (χ0) is 11.6. The summed E-state index contributed by atoms with van der Waals surface area (Å²) in [5, 5.41) is 9.05. The number of aromatic carboxylic acids is 1. The first-order valence-electron chi connectivity index (χ1n) is 4.69. The topological polar surface area (TPSA) is 40.5 Å². The smallest absolute Gasteiger partial charge is 0.337 e. The van der Waals surface area contributed by atoms with Crippen LogP contribution in [0, 0.1) is 0 Å². The van der Waals surface area contributed by atoms with E-state index in [1.807, 2.05) is 31.9 Å². The largest absolute Gasteiger partial charge is 0.478 e. The maximum atomic E-state index is 11.0. The number of benzene rings is 1. The third-order valence-corrected chi connectivity index (χ3v) is 2.84. The van der Waals surface area contributed by atoms with Crippen LogP contribution in [0.2, 0.25) is 0 Å². The van der Waals surface area contributed by atoms with Crippen molar-refractivity contribution in [1.82, 2.24) is 0 Å². The highest BCUT2D eigenvalue weighted by Gasteiger charge is 2.15. The van der Waals surface area contributed by atoms with Crippen LogP contribution in [0.1, 0.15) is 24.2 Å². The van der Waals surface area contributed by atoms with Gasteiger partial charge >= 0.3 is 5.97 Å². The molecular weight excluding hydrogens is 258 g/mol. The summed E-state index contributed by atoms with van der Waals surface area (Å²) in [5.74, 6) is -0.898. The van der Waals surface area contributed by atoms with Crippen molar-refractivity contribution in [3.8, 4) is 0 Å². The van der Waals surface area contributed by atoms with E-state index in [1.165, 1.54) is 0 Å². The van der Waals surface area contributed by atoms with E-state index >= 15 is 0 Å². The molecule has 3 nitrogen and oxygen atoms in total. The Kier molecular flexibility index (Phi) is 3.74. The zero-order valence-electron chi connectivity index (χ0n) is 8.99. The molecule has 0 aliphatic carbocycles. The number of halogens is 1. The molecule has 0 atom stereocenters. The molecule has 82 valence electrons. The monoisotopic (exact) mass is 271 g/mol. The molecule has 0 saturated carbocycles. The minimum atomic E-state index is -0.898. The summed E-state index contributed by atoms with van der Waals surface area (Å²) < 4.78 is 0.884. The number of hydrogen-bond acceptors (Lipinski definition) is 2. The summed E-state index contributed by atoms with van der Waals surface area (Å²) in [7, 11) is 1.89. The molecule has 1 N–H and O–H groups in total. The Morgan fingerprint density at radius 1 is 1.47 bits per heavy atom. The molecule has 0 aromatic heterocycles. The maximum absolute atomic E-state index is 11.0. The molecule has 1 aromatic rings. The molecule has 15 heavy (non-hydrogen) atoms. The van der Waals surface area contributed by atoms with E-state index in [4.69, 9.17) is 5.11 Å². The lowest BCUT2D eigenvalue weighted by Gasteiger charge is -2.25. The molecule has 0 amide bonds. The Morgan fingerprint density at radius 3 is 2.53 bits per heavy atom. The Morgan fingerprint density at radius 2 is 2.07 bits per heavy atom. The van der Waals surface area contributed by atoms with Gasteiger partial charge in [0.15, 0.2) is 0 Å². The van der Waals surface area contributed by atoms with Crippen LogP contribution in [0.3, 0.4) is 0 Å². The Hall–Kier alpha value is -1.03. The molecule has 0 saturated heterocycles. The Labute approximate surface area is 97.8 Å². The molecular formula is C11H14BrNO2. The predicted molar refractivity (Wildman–Crippen MR) is 64.6 cm³/mol. The summed E-state index contributed by atoms with van der Waals surface area (Å²) in [6, 6.07) is 5.43. The molecule has 0 radical (unpaired) electrons. The fraction of sp³-hybridized carbons (Fsp3) is 0.364. The highest BCUT2D eigenvalue weighted by Crippen LogP contribution is 2.25. The zero-order valence-corrected chi connectivity index (χ0v) is 10.6. The van der Waals surface area contributed by atoms with Crippen LogP contribution in [0.15, 0.2) is 22.7 Å². The van der Waals surface area contributed by atoms with Crippen molar-refractivity contribution >= 4 is 27.6 Å². The van der Waals surface area contributed by atoms with E-state index in [2.05, 4.69) is 15.9 Å². The van der Waals surface area contributed by atoms with Gasteiger partial charge in [-0.25, -0.2) is 4.79 Å². The minimum absolute atomic E-state index is 0.261. The number of anilines is 1. The average Bonchev–Trinajstić information content (AvgIpc) is 2.15. The first-order chi connectivity index (χ1) is 6.93. The number of carboxylic acids is 1. The van der Waals surface area contributed by atoms with Crippen molar-refractivity contribution in [2.24, 2.45) is 0 Å². The summed E-state index contributed by atoms with van der Waals surface area (Å²) in [6.45, 7) is 4.04. The van der Waals surface area contributed by atoms with Gasteiger partial charge < -0.3 is 10.0 Å². The summed E-state index contributed by atoms with van der Waals surface area (Å²) in [5.41, 5.74) is 1.06. The highest BCUT2D eigenvalue weighted by atomic mass is 79.9. The van der Waals surface area contributed by atoms with E-state index in [9.17, 15) is 4.79 Å². The van der Waals surface area contributed by atoms with Crippen molar-refractivity contribution in [2.75, 3.05) is 11.9 Å². The summed E-state index contributed by atoms with van der Waals surface area (Å²) in [6.07, 6.45) is 0. The molecule has 0 heterocycles. The second kappa shape index (κ2) is 4.66. The molecule has 0 aliphatic rings. The third kappa shape index (κ3) is 2.72. The van der Waals surface area contributed by atoms with Crippen molar-refractivity contribution in [1.29, 1.82) is 0 Å². The van der Waals surface area contributed by atoms with Crippen molar-refractivity contribution in [3.63, 3.8) is 0 Å². The van der Waals surface area contributed by atoms with Crippen molar-refractivity contribution < 1.29 is 9.90 Å². The number of rotatable bonds is 3. The van der Waals surface area contributed by atoms with E-state index in [0.29, 0.717) is 5.56 Å². The molecule has 0 bridgehead atoms.